The van der Waals surface area contributed by atoms with Crippen LogP contribution in [0.25, 0.3) is 0 Å². The highest BCUT2D eigenvalue weighted by molar-refractivity contribution is 7.79. The van der Waals surface area contributed by atoms with Crippen LogP contribution in [-0.2, 0) is 30.9 Å². The Morgan fingerprint density at radius 3 is 1.83 bits per heavy atom. The van der Waals surface area contributed by atoms with Gasteiger partial charge in [-0.1, -0.05) is 102 Å². The number of phosphoric acid groups is 2. The number of hydrogen-bond donors (Lipinski definition) is 4. The van der Waals surface area contributed by atoms with Gasteiger partial charge in [0.1, 0.15) is 11.6 Å². The fraction of sp³-hybridized carbons (Fsp3) is 0.167. The summed E-state index contributed by atoms with van der Waals surface area (Å²) in [6.07, 6.45) is 1.92. The second kappa shape index (κ2) is 17.3. The third-order valence-corrected chi connectivity index (χ3v) is 12.1. The van der Waals surface area contributed by atoms with Gasteiger partial charge in [0, 0.05) is 19.5 Å². The minimum atomic E-state index is -5.12. The van der Waals surface area contributed by atoms with Crippen LogP contribution in [0.3, 0.4) is 0 Å². The van der Waals surface area contributed by atoms with Gasteiger partial charge in [0.15, 0.2) is 12.2 Å². The average Bonchev–Trinajstić information content (AvgIpc) is 3.34. The van der Waals surface area contributed by atoms with Crippen LogP contribution in [0.15, 0.2) is 103 Å². The minimum Gasteiger partial charge on any atom is -1.00 e. The number of nitrogens with zero attached hydrogens (tertiary/aromatic N) is 3. The highest BCUT2D eigenvalue weighted by atomic mass is 35.5. The molecule has 0 aliphatic carbocycles. The van der Waals surface area contributed by atoms with Gasteiger partial charge in [0.2, 0.25) is 5.51 Å². The zero-order valence-electron chi connectivity index (χ0n) is 25.0. The van der Waals surface area contributed by atoms with Crippen LogP contribution in [0, 0.1) is 13.8 Å². The molecule has 3 aromatic carbocycles. The number of aryl methyl sites for hydroxylation is 1. The number of nitrogens with two attached hydrogens (primary N) is 1. The fourth-order valence-electron chi connectivity index (χ4n) is 4.26. The van der Waals surface area contributed by atoms with Crippen molar-refractivity contribution in [1.29, 1.82) is 0 Å². The van der Waals surface area contributed by atoms with E-state index in [4.69, 9.17) is 15.5 Å². The van der Waals surface area contributed by atoms with Gasteiger partial charge in [-0.2, -0.15) is 8.88 Å². The first-order valence-electron chi connectivity index (χ1n) is 13.7. The van der Waals surface area contributed by atoms with Crippen molar-refractivity contribution in [2.45, 2.75) is 26.8 Å². The minimum absolute atomic E-state index is 0. The molecule has 0 aliphatic heterocycles. The Bertz CT molecular complexity index is 1690. The lowest BCUT2D eigenvalue weighted by Crippen LogP contribution is -3.00. The molecule has 16 heteroatoms. The topological polar surface area (TPSA) is 169 Å². The van der Waals surface area contributed by atoms with Gasteiger partial charge in [-0.3, -0.25) is 4.52 Å². The van der Waals surface area contributed by atoms with Gasteiger partial charge in [-0.05, 0) is 30.8 Å². The van der Waals surface area contributed by atoms with E-state index in [2.05, 4.69) is 110 Å². The zero-order valence-corrected chi connectivity index (χ0v) is 29.2. The van der Waals surface area contributed by atoms with Crippen molar-refractivity contribution in [2.24, 2.45) is 0 Å². The maximum Gasteiger partial charge on any atom is 0.481 e. The number of anilines is 1. The number of benzene rings is 3. The van der Waals surface area contributed by atoms with Gasteiger partial charge in [-0.25, -0.2) is 19.1 Å². The molecule has 0 saturated carbocycles. The molecular weight excluding hydrogens is 689 g/mol. The lowest BCUT2D eigenvalue weighted by atomic mass is 10.2. The molecule has 11 nitrogen and oxygen atoms in total. The van der Waals surface area contributed by atoms with Crippen LogP contribution in [0.1, 0.15) is 22.0 Å². The van der Waals surface area contributed by atoms with E-state index in [0.29, 0.717) is 18.2 Å². The van der Waals surface area contributed by atoms with Gasteiger partial charge in [-0.15, -0.1) is 0 Å². The summed E-state index contributed by atoms with van der Waals surface area (Å²) in [5.41, 5.74) is 9.40. The summed E-state index contributed by atoms with van der Waals surface area (Å²) < 4.78 is 32.2. The van der Waals surface area contributed by atoms with E-state index < -0.39 is 23.6 Å². The lowest BCUT2D eigenvalue weighted by molar-refractivity contribution is -0.689. The standard InChI is InChI=1S/C18H15P.C12H18N4O7P2S.ClH/c1-4-10-16(11-5-1)19(17-12-6-2-7-13-17)18-14-8-3-9-15-18;1-8-11(3-4-22-25(20,21)23-24(17,18)19)26-7-16(8)6-10-5-14-9(2)15-12(10)13;/h1-15H;5,7H,3-4,6H2,1-2H3,(H4-,13,14,15,17,18,19,20,21);1H. The Balaban J connectivity index is 0.000000255. The first kappa shape index (κ1) is 37.6. The summed E-state index contributed by atoms with van der Waals surface area (Å²) in [6, 6.07) is 32.3. The average molecular weight is 723 g/mol. The van der Waals surface area contributed by atoms with E-state index in [-0.39, 0.29) is 25.4 Å². The summed E-state index contributed by atoms with van der Waals surface area (Å²) in [7, 11) is -10.4. The molecule has 2 aromatic heterocycles. The smallest absolute Gasteiger partial charge is 0.481 e. The summed E-state index contributed by atoms with van der Waals surface area (Å²) in [4.78, 5) is 35.4. The van der Waals surface area contributed by atoms with E-state index in [1.54, 1.807) is 13.1 Å². The highest BCUT2D eigenvalue weighted by Crippen LogP contribution is 2.57. The third-order valence-electron chi connectivity index (χ3n) is 6.35. The molecule has 0 spiro atoms. The molecule has 1 atom stereocenters. The summed E-state index contributed by atoms with van der Waals surface area (Å²) >= 11 is 1.40. The molecular formula is C30H34ClN4O7P3S. The molecule has 0 aliphatic rings. The molecule has 1 unspecified atom stereocenters. The Hall–Kier alpha value is -2.85. The Morgan fingerprint density at radius 1 is 0.870 bits per heavy atom. The van der Waals surface area contributed by atoms with Crippen molar-refractivity contribution in [1.82, 2.24) is 9.97 Å². The van der Waals surface area contributed by atoms with Crippen molar-refractivity contribution in [2.75, 3.05) is 12.3 Å². The van der Waals surface area contributed by atoms with E-state index >= 15 is 0 Å². The van der Waals surface area contributed by atoms with E-state index in [9.17, 15) is 14.0 Å². The van der Waals surface area contributed by atoms with Gasteiger partial charge < -0.3 is 32.8 Å². The molecule has 5 rings (SSSR count). The number of rotatable bonds is 11. The van der Waals surface area contributed by atoms with Crippen molar-refractivity contribution in [3.63, 3.8) is 0 Å². The van der Waals surface area contributed by atoms with E-state index in [1.165, 1.54) is 27.3 Å². The molecule has 244 valence electrons. The first-order chi connectivity index (χ1) is 21.4. The maximum absolute atomic E-state index is 11.4. The SMILES string of the molecule is Cc1ncc(C[n+]2csc(CCOP(=O)(O)OP(=O)(O)O)c2C)c(N)n1.[Cl-].c1ccc(P(c2ccccc2)c2ccccc2)cc1. The van der Waals surface area contributed by atoms with Crippen LogP contribution in [0.4, 0.5) is 5.82 Å². The van der Waals surface area contributed by atoms with Crippen LogP contribution in [0.5, 0.6) is 0 Å². The quantitative estimate of drug-likeness (QED) is 0.115. The third kappa shape index (κ3) is 11.4. The van der Waals surface area contributed by atoms with E-state index in [1.807, 2.05) is 17.0 Å². The van der Waals surface area contributed by atoms with Crippen molar-refractivity contribution in [3.05, 3.63) is 125 Å². The normalized spacial score (nSPS) is 12.5. The summed E-state index contributed by atoms with van der Waals surface area (Å²) in [5, 5.41) is 4.19. The molecule has 2 heterocycles. The largest absolute Gasteiger partial charge is 1.00 e. The highest BCUT2D eigenvalue weighted by Gasteiger charge is 2.32. The number of phosphoric ester groups is 1. The first-order valence-corrected chi connectivity index (χ1v) is 18.9. The maximum atomic E-state index is 11.4. The molecule has 0 amide bonds. The lowest BCUT2D eigenvalue weighted by Gasteiger charge is -2.18. The molecule has 0 saturated heterocycles. The van der Waals surface area contributed by atoms with Gasteiger partial charge >= 0.3 is 15.6 Å². The Labute approximate surface area is 279 Å². The second-order valence-electron chi connectivity index (χ2n) is 9.65. The second-order valence-corrected chi connectivity index (χ2v) is 15.6. The molecule has 0 bridgehead atoms. The molecule has 0 fully saturated rings. The van der Waals surface area contributed by atoms with Crippen molar-refractivity contribution < 1.29 is 49.6 Å². The predicted octanol–water partition coefficient (Wildman–Crippen LogP) is 1.29. The number of hydrogen-bond acceptors (Lipinski definition) is 8. The predicted molar refractivity (Wildman–Crippen MR) is 177 cm³/mol. The number of nitrogen functional groups attached to an aromatic ring is 1. The number of aromatic nitrogens is 3. The van der Waals surface area contributed by atoms with Crippen molar-refractivity contribution in [3.8, 4) is 0 Å². The molecule has 5 aromatic rings. The Kier molecular flexibility index (Phi) is 14.2. The zero-order chi connectivity index (χ0) is 32.5. The monoisotopic (exact) mass is 722 g/mol. The summed E-state index contributed by atoms with van der Waals surface area (Å²) in [6.45, 7) is 3.83. The Morgan fingerprint density at radius 2 is 1.37 bits per heavy atom. The fourth-order valence-corrected chi connectivity index (χ4v) is 9.12. The van der Waals surface area contributed by atoms with Crippen LogP contribution in [0.2, 0.25) is 0 Å². The van der Waals surface area contributed by atoms with Crippen molar-refractivity contribution >= 4 is 56.6 Å². The molecule has 46 heavy (non-hydrogen) atoms. The van der Waals surface area contributed by atoms with E-state index in [0.717, 1.165) is 16.1 Å². The van der Waals surface area contributed by atoms with Crippen LogP contribution < -0.4 is 38.6 Å². The van der Waals surface area contributed by atoms with Gasteiger partial charge in [0.25, 0.3) is 0 Å². The number of halogens is 1. The summed E-state index contributed by atoms with van der Waals surface area (Å²) in [5.74, 6) is 0.985. The molecule has 0 radical (unpaired) electrons. The molecule has 5 N–H and O–H groups in total. The van der Waals surface area contributed by atoms with Crippen LogP contribution >= 0.6 is 34.9 Å². The van der Waals surface area contributed by atoms with Gasteiger partial charge in [0.05, 0.1) is 17.0 Å². The number of thiazole rings is 1. The van der Waals surface area contributed by atoms with Crippen LogP contribution in [-0.4, -0.2) is 31.3 Å².